The van der Waals surface area contributed by atoms with Gasteiger partial charge in [-0.2, -0.15) is 0 Å². The van der Waals surface area contributed by atoms with Crippen molar-refractivity contribution in [1.29, 1.82) is 0 Å². The van der Waals surface area contributed by atoms with Gasteiger partial charge in [-0.25, -0.2) is 9.59 Å². The highest BCUT2D eigenvalue weighted by atomic mass is 16.4. The van der Waals surface area contributed by atoms with Crippen LogP contribution in [0.3, 0.4) is 0 Å². The van der Waals surface area contributed by atoms with Crippen LogP contribution in [0, 0.1) is 0 Å². The summed E-state index contributed by atoms with van der Waals surface area (Å²) in [7, 11) is 0. The van der Waals surface area contributed by atoms with Gasteiger partial charge in [0.15, 0.2) is 0 Å². The molecule has 0 bridgehead atoms. The van der Waals surface area contributed by atoms with Crippen molar-refractivity contribution in [2.75, 3.05) is 0 Å². The third-order valence-corrected chi connectivity index (χ3v) is 3.68. The molecule has 0 aliphatic heterocycles. The number of aromatic carboxylic acids is 2. The molecule has 2 aromatic rings. The Bertz CT molecular complexity index is 684. The fraction of sp³-hybridized carbons (Fsp3) is 0.176. The Kier molecular flexibility index (Phi) is 3.80. The highest BCUT2D eigenvalue weighted by molar-refractivity contribution is 5.88. The Morgan fingerprint density at radius 2 is 1.38 bits per heavy atom. The second kappa shape index (κ2) is 5.40. The molecule has 4 nitrogen and oxygen atoms in total. The normalized spacial score (nSPS) is 11.1. The number of benzene rings is 2. The first-order chi connectivity index (χ1) is 9.82. The number of rotatable bonds is 4. The molecule has 108 valence electrons. The van der Waals surface area contributed by atoms with Gasteiger partial charge in [0.1, 0.15) is 0 Å². The molecule has 0 heterocycles. The first-order valence-electron chi connectivity index (χ1n) is 6.50. The van der Waals surface area contributed by atoms with Crippen molar-refractivity contribution in [3.63, 3.8) is 0 Å². The van der Waals surface area contributed by atoms with Crippen LogP contribution in [-0.2, 0) is 5.41 Å². The maximum absolute atomic E-state index is 11.1. The summed E-state index contributed by atoms with van der Waals surface area (Å²) in [4.78, 5) is 22.0. The quantitative estimate of drug-likeness (QED) is 0.902. The molecule has 21 heavy (non-hydrogen) atoms. The minimum absolute atomic E-state index is 0.230. The van der Waals surface area contributed by atoms with Crippen LogP contribution in [0.2, 0.25) is 0 Å². The molecule has 0 saturated carbocycles. The molecular formula is C17H16O4. The number of hydrogen-bond donors (Lipinski definition) is 2. The minimum atomic E-state index is -0.966. The number of hydrogen-bond acceptors (Lipinski definition) is 2. The molecule has 0 unspecified atom stereocenters. The molecule has 0 radical (unpaired) electrons. The number of carboxylic acids is 2. The molecule has 2 rings (SSSR count). The fourth-order valence-corrected chi connectivity index (χ4v) is 2.24. The summed E-state index contributed by atoms with van der Waals surface area (Å²) in [5.74, 6) is -1.93. The van der Waals surface area contributed by atoms with Crippen LogP contribution in [-0.4, -0.2) is 22.2 Å². The summed E-state index contributed by atoms with van der Waals surface area (Å²) in [6.07, 6.45) is 0. The van der Waals surface area contributed by atoms with E-state index in [0.717, 1.165) is 11.1 Å². The first kappa shape index (κ1) is 14.8. The second-order valence-corrected chi connectivity index (χ2v) is 5.39. The molecule has 0 aromatic heterocycles. The Morgan fingerprint density at radius 3 is 1.90 bits per heavy atom. The van der Waals surface area contributed by atoms with E-state index in [2.05, 4.69) is 0 Å². The lowest BCUT2D eigenvalue weighted by Gasteiger charge is -2.26. The van der Waals surface area contributed by atoms with E-state index in [4.69, 9.17) is 10.2 Å². The monoisotopic (exact) mass is 284 g/mol. The largest absolute Gasteiger partial charge is 0.478 e. The predicted octanol–water partition coefficient (Wildman–Crippen LogP) is 3.41. The summed E-state index contributed by atoms with van der Waals surface area (Å²) in [5, 5.41) is 18.0. The maximum atomic E-state index is 11.1. The maximum Gasteiger partial charge on any atom is 0.335 e. The van der Waals surface area contributed by atoms with E-state index in [9.17, 15) is 9.59 Å². The van der Waals surface area contributed by atoms with Crippen molar-refractivity contribution in [1.82, 2.24) is 0 Å². The summed E-state index contributed by atoms with van der Waals surface area (Å²) in [6, 6.07) is 13.4. The van der Waals surface area contributed by atoms with Gasteiger partial charge in [-0.15, -0.1) is 0 Å². The lowest BCUT2D eigenvalue weighted by Crippen LogP contribution is -2.19. The molecule has 0 spiro atoms. The van der Waals surface area contributed by atoms with Gasteiger partial charge in [-0.3, -0.25) is 0 Å². The molecule has 2 N–H and O–H groups in total. The lowest BCUT2D eigenvalue weighted by atomic mass is 9.77. The van der Waals surface area contributed by atoms with E-state index >= 15 is 0 Å². The van der Waals surface area contributed by atoms with Crippen LogP contribution in [0.4, 0.5) is 0 Å². The van der Waals surface area contributed by atoms with E-state index in [1.165, 1.54) is 0 Å². The Hall–Kier alpha value is -2.62. The lowest BCUT2D eigenvalue weighted by molar-refractivity contribution is 0.0686. The van der Waals surface area contributed by atoms with Crippen LogP contribution in [0.25, 0.3) is 0 Å². The van der Waals surface area contributed by atoms with Gasteiger partial charge in [0.25, 0.3) is 0 Å². The standard InChI is InChI=1S/C17H16O4/c1-17(2,13-8-6-11(7-9-13)15(18)19)14-5-3-4-12(10-14)16(20)21/h3-10H,1-2H3,(H,18,19)(H,20,21). The summed E-state index contributed by atoms with van der Waals surface area (Å²) >= 11 is 0. The molecule has 4 heteroatoms. The van der Waals surface area contributed by atoms with E-state index in [1.807, 2.05) is 19.9 Å². The number of carboxylic acid groups (broad SMARTS) is 2. The van der Waals surface area contributed by atoms with Gasteiger partial charge >= 0.3 is 11.9 Å². The van der Waals surface area contributed by atoms with E-state index in [0.29, 0.717) is 0 Å². The van der Waals surface area contributed by atoms with E-state index in [-0.39, 0.29) is 11.1 Å². The van der Waals surface area contributed by atoms with Crippen LogP contribution < -0.4 is 0 Å². The van der Waals surface area contributed by atoms with Gasteiger partial charge in [-0.1, -0.05) is 38.1 Å². The second-order valence-electron chi connectivity index (χ2n) is 5.39. The first-order valence-corrected chi connectivity index (χ1v) is 6.50. The van der Waals surface area contributed by atoms with E-state index in [1.54, 1.807) is 42.5 Å². The fourth-order valence-electron chi connectivity index (χ4n) is 2.24. The Morgan fingerprint density at radius 1 is 0.810 bits per heavy atom. The molecule has 2 aromatic carbocycles. The van der Waals surface area contributed by atoms with E-state index < -0.39 is 17.4 Å². The van der Waals surface area contributed by atoms with Gasteiger partial charge in [0.2, 0.25) is 0 Å². The van der Waals surface area contributed by atoms with Gasteiger partial charge in [0.05, 0.1) is 11.1 Å². The molecule has 0 aliphatic carbocycles. The SMILES string of the molecule is CC(C)(c1ccc(C(=O)O)cc1)c1cccc(C(=O)O)c1. The zero-order chi connectivity index (χ0) is 15.6. The highest BCUT2D eigenvalue weighted by Crippen LogP contribution is 2.32. The van der Waals surface area contributed by atoms with Crippen molar-refractivity contribution in [3.05, 3.63) is 70.8 Å². The van der Waals surface area contributed by atoms with Gasteiger partial charge in [0, 0.05) is 5.41 Å². The average molecular weight is 284 g/mol. The third kappa shape index (κ3) is 2.94. The topological polar surface area (TPSA) is 74.6 Å². The highest BCUT2D eigenvalue weighted by Gasteiger charge is 2.24. The summed E-state index contributed by atoms with van der Waals surface area (Å²) in [5.41, 5.74) is 1.85. The molecular weight excluding hydrogens is 268 g/mol. The van der Waals surface area contributed by atoms with Gasteiger partial charge < -0.3 is 10.2 Å². The number of carbonyl (C=O) groups is 2. The summed E-state index contributed by atoms with van der Waals surface area (Å²) < 4.78 is 0. The van der Waals surface area contributed by atoms with Crippen molar-refractivity contribution < 1.29 is 19.8 Å². The molecule has 0 saturated heterocycles. The van der Waals surface area contributed by atoms with Crippen molar-refractivity contribution in [2.24, 2.45) is 0 Å². The predicted molar refractivity (Wildman–Crippen MR) is 78.9 cm³/mol. The van der Waals surface area contributed by atoms with Gasteiger partial charge in [-0.05, 0) is 35.4 Å². The molecule has 0 atom stereocenters. The van der Waals surface area contributed by atoms with Crippen molar-refractivity contribution >= 4 is 11.9 Å². The van der Waals surface area contributed by atoms with Crippen molar-refractivity contribution in [2.45, 2.75) is 19.3 Å². The Labute approximate surface area is 122 Å². The summed E-state index contributed by atoms with van der Waals surface area (Å²) in [6.45, 7) is 3.95. The average Bonchev–Trinajstić information content (AvgIpc) is 2.47. The van der Waals surface area contributed by atoms with Crippen LogP contribution in [0.1, 0.15) is 45.7 Å². The van der Waals surface area contributed by atoms with Crippen molar-refractivity contribution in [3.8, 4) is 0 Å². The Balaban J connectivity index is 2.43. The molecule has 0 aliphatic rings. The van der Waals surface area contributed by atoms with Crippen LogP contribution in [0.5, 0.6) is 0 Å². The third-order valence-electron chi connectivity index (χ3n) is 3.68. The molecule has 0 amide bonds. The zero-order valence-corrected chi connectivity index (χ0v) is 11.8. The van der Waals surface area contributed by atoms with Crippen LogP contribution in [0.15, 0.2) is 48.5 Å². The van der Waals surface area contributed by atoms with Crippen LogP contribution >= 0.6 is 0 Å². The smallest absolute Gasteiger partial charge is 0.335 e. The minimum Gasteiger partial charge on any atom is -0.478 e. The zero-order valence-electron chi connectivity index (χ0n) is 11.8. The molecule has 0 fully saturated rings.